The first-order valence-corrected chi connectivity index (χ1v) is 10.00. The van der Waals surface area contributed by atoms with Gasteiger partial charge in [0.2, 0.25) is 5.72 Å². The highest BCUT2D eigenvalue weighted by Crippen LogP contribution is 2.34. The number of hydrogen-bond donors (Lipinski definition) is 4. The fourth-order valence-corrected chi connectivity index (χ4v) is 3.44. The SMILES string of the molecule is N=C(CC(O)(Nc1ccc(C(=O)NC2CCCCC2)cn1)C(F)(F)F)c1cccnc1. The zero-order valence-electron chi connectivity index (χ0n) is 16.7. The highest BCUT2D eigenvalue weighted by Gasteiger charge is 2.55. The third-order valence-electron chi connectivity index (χ3n) is 5.21. The number of alkyl halides is 3. The molecule has 0 spiro atoms. The fourth-order valence-electron chi connectivity index (χ4n) is 3.44. The van der Waals surface area contributed by atoms with E-state index in [0.29, 0.717) is 0 Å². The van der Waals surface area contributed by atoms with Crippen LogP contribution in [0.1, 0.15) is 54.4 Å². The van der Waals surface area contributed by atoms with Crippen LogP contribution in [0.25, 0.3) is 0 Å². The normalized spacial score (nSPS) is 16.9. The molecule has 3 rings (SSSR count). The van der Waals surface area contributed by atoms with E-state index in [4.69, 9.17) is 5.41 Å². The molecule has 10 heteroatoms. The molecule has 4 N–H and O–H groups in total. The number of carbonyl (C=O) groups excluding carboxylic acids is 1. The van der Waals surface area contributed by atoms with E-state index < -0.39 is 24.0 Å². The second kappa shape index (κ2) is 9.42. The lowest BCUT2D eigenvalue weighted by molar-refractivity contribution is -0.245. The molecular formula is C21H24F3N5O2. The van der Waals surface area contributed by atoms with Crippen molar-refractivity contribution in [1.82, 2.24) is 15.3 Å². The number of pyridine rings is 2. The molecule has 0 aromatic carbocycles. The van der Waals surface area contributed by atoms with Gasteiger partial charge >= 0.3 is 6.18 Å². The van der Waals surface area contributed by atoms with Gasteiger partial charge in [0.25, 0.3) is 5.91 Å². The molecule has 1 aliphatic carbocycles. The molecule has 31 heavy (non-hydrogen) atoms. The second-order valence-corrected chi connectivity index (χ2v) is 7.62. The highest BCUT2D eigenvalue weighted by atomic mass is 19.4. The Labute approximate surface area is 177 Å². The molecule has 7 nitrogen and oxygen atoms in total. The van der Waals surface area contributed by atoms with Crippen LogP contribution >= 0.6 is 0 Å². The zero-order chi connectivity index (χ0) is 22.5. The van der Waals surface area contributed by atoms with Crippen LogP contribution in [0.3, 0.4) is 0 Å². The lowest BCUT2D eigenvalue weighted by atomic mass is 9.95. The first-order chi connectivity index (χ1) is 14.7. The van der Waals surface area contributed by atoms with Crippen molar-refractivity contribution in [3.8, 4) is 0 Å². The largest absolute Gasteiger partial charge is 0.436 e. The minimum Gasteiger partial charge on any atom is -0.363 e. The van der Waals surface area contributed by atoms with Crippen LogP contribution in [0.2, 0.25) is 0 Å². The Morgan fingerprint density at radius 1 is 1.13 bits per heavy atom. The molecule has 1 atom stereocenters. The number of aromatic nitrogens is 2. The van der Waals surface area contributed by atoms with Crippen LogP contribution in [0, 0.1) is 5.41 Å². The van der Waals surface area contributed by atoms with E-state index in [2.05, 4.69) is 15.3 Å². The van der Waals surface area contributed by atoms with E-state index in [1.165, 1.54) is 36.7 Å². The van der Waals surface area contributed by atoms with Gasteiger partial charge in [-0.15, -0.1) is 0 Å². The summed E-state index contributed by atoms with van der Waals surface area (Å²) in [4.78, 5) is 20.0. The number of carbonyl (C=O) groups is 1. The predicted molar refractivity (Wildman–Crippen MR) is 109 cm³/mol. The predicted octanol–water partition coefficient (Wildman–Crippen LogP) is 3.66. The van der Waals surface area contributed by atoms with Gasteiger partial charge in [0.15, 0.2) is 0 Å². The molecule has 1 aliphatic rings. The van der Waals surface area contributed by atoms with Crippen molar-refractivity contribution >= 4 is 17.4 Å². The van der Waals surface area contributed by atoms with Gasteiger partial charge in [-0.1, -0.05) is 25.3 Å². The van der Waals surface area contributed by atoms with Gasteiger partial charge in [-0.3, -0.25) is 9.78 Å². The van der Waals surface area contributed by atoms with Gasteiger partial charge in [0.05, 0.1) is 5.56 Å². The van der Waals surface area contributed by atoms with Crippen molar-refractivity contribution in [3.05, 3.63) is 54.0 Å². The molecule has 1 amide bonds. The third kappa shape index (κ3) is 5.78. The Morgan fingerprint density at radius 3 is 2.45 bits per heavy atom. The van der Waals surface area contributed by atoms with E-state index in [0.717, 1.165) is 38.3 Å². The number of hydrogen-bond acceptors (Lipinski definition) is 6. The van der Waals surface area contributed by atoms with Crippen molar-refractivity contribution in [1.29, 1.82) is 5.41 Å². The van der Waals surface area contributed by atoms with Gasteiger partial charge in [-0.2, -0.15) is 13.2 Å². The number of amides is 1. The zero-order valence-corrected chi connectivity index (χ0v) is 16.7. The maximum Gasteiger partial charge on any atom is 0.436 e. The molecule has 0 bridgehead atoms. The van der Waals surface area contributed by atoms with E-state index >= 15 is 0 Å². The molecule has 2 heterocycles. The molecule has 0 aliphatic heterocycles. The molecule has 1 fully saturated rings. The molecule has 1 saturated carbocycles. The smallest absolute Gasteiger partial charge is 0.363 e. The number of rotatable bonds is 7. The fraction of sp³-hybridized carbons (Fsp3) is 0.429. The summed E-state index contributed by atoms with van der Waals surface area (Å²) in [5.74, 6) is -0.608. The molecule has 1 unspecified atom stereocenters. The summed E-state index contributed by atoms with van der Waals surface area (Å²) in [5, 5.41) is 23.1. The number of nitrogens with one attached hydrogen (secondary N) is 3. The van der Waals surface area contributed by atoms with Gasteiger partial charge < -0.3 is 21.1 Å². The van der Waals surface area contributed by atoms with Gasteiger partial charge in [-0.05, 0) is 31.0 Å². The minimum absolute atomic E-state index is 0.0906. The Hall–Kier alpha value is -3.01. The summed E-state index contributed by atoms with van der Waals surface area (Å²) < 4.78 is 40.9. The standard InChI is InChI=1S/C21H24F3N5O2/c22-21(23,24)20(31,11-17(25)14-5-4-10-26-12-14)29-18-9-8-15(13-27-18)19(30)28-16-6-2-1-3-7-16/h4-5,8-10,12-13,16,25,31H,1-3,6-7,11H2,(H,27,29)(H,28,30). The first kappa shape index (κ1) is 22.7. The average Bonchev–Trinajstić information content (AvgIpc) is 2.74. The van der Waals surface area contributed by atoms with Gasteiger partial charge in [-0.25, -0.2) is 4.98 Å². The van der Waals surface area contributed by atoms with Crippen molar-refractivity contribution in [2.45, 2.75) is 56.5 Å². The highest BCUT2D eigenvalue weighted by molar-refractivity contribution is 5.98. The Kier molecular flexibility index (Phi) is 6.89. The van der Waals surface area contributed by atoms with E-state index in [1.54, 1.807) is 0 Å². The Morgan fingerprint density at radius 2 is 1.87 bits per heavy atom. The number of aliphatic hydroxyl groups is 1. The van der Waals surface area contributed by atoms with E-state index in [1.807, 2.05) is 5.32 Å². The van der Waals surface area contributed by atoms with Crippen LogP contribution in [-0.2, 0) is 0 Å². The van der Waals surface area contributed by atoms with Crippen LogP contribution in [0.5, 0.6) is 0 Å². The minimum atomic E-state index is -5.08. The number of nitrogens with zero attached hydrogens (tertiary/aromatic N) is 2. The van der Waals surface area contributed by atoms with Crippen molar-refractivity contribution in [3.63, 3.8) is 0 Å². The molecule has 2 aromatic heterocycles. The van der Waals surface area contributed by atoms with Crippen molar-refractivity contribution < 1.29 is 23.1 Å². The monoisotopic (exact) mass is 435 g/mol. The van der Waals surface area contributed by atoms with Gasteiger partial charge in [0.1, 0.15) is 5.82 Å². The topological polar surface area (TPSA) is 111 Å². The Bertz CT molecular complexity index is 899. The first-order valence-electron chi connectivity index (χ1n) is 10.00. The quantitative estimate of drug-likeness (QED) is 0.392. The summed E-state index contributed by atoms with van der Waals surface area (Å²) in [6, 6.07) is 5.55. The number of anilines is 1. The van der Waals surface area contributed by atoms with Crippen LogP contribution in [0.15, 0.2) is 42.9 Å². The lowest BCUT2D eigenvalue weighted by Gasteiger charge is -2.32. The molecular weight excluding hydrogens is 411 g/mol. The maximum atomic E-state index is 13.6. The summed E-state index contributed by atoms with van der Waals surface area (Å²) >= 11 is 0. The second-order valence-electron chi connectivity index (χ2n) is 7.62. The van der Waals surface area contributed by atoms with Gasteiger partial charge in [0, 0.05) is 42.3 Å². The van der Waals surface area contributed by atoms with E-state index in [9.17, 15) is 23.1 Å². The van der Waals surface area contributed by atoms with Crippen LogP contribution < -0.4 is 10.6 Å². The molecule has 166 valence electrons. The molecule has 0 radical (unpaired) electrons. The number of halogens is 3. The summed E-state index contributed by atoms with van der Waals surface area (Å²) in [6.07, 6.45) is 2.76. The summed E-state index contributed by atoms with van der Waals surface area (Å²) in [6.45, 7) is 0. The summed E-state index contributed by atoms with van der Waals surface area (Å²) in [7, 11) is 0. The van der Waals surface area contributed by atoms with Crippen LogP contribution in [-0.4, -0.2) is 44.6 Å². The maximum absolute atomic E-state index is 13.6. The van der Waals surface area contributed by atoms with E-state index in [-0.39, 0.29) is 28.9 Å². The van der Waals surface area contributed by atoms with Crippen LogP contribution in [0.4, 0.5) is 19.0 Å². The third-order valence-corrected chi connectivity index (χ3v) is 5.21. The van der Waals surface area contributed by atoms with Crippen molar-refractivity contribution in [2.24, 2.45) is 0 Å². The molecule has 2 aromatic rings. The molecule has 0 saturated heterocycles. The lowest BCUT2D eigenvalue weighted by Crippen LogP contribution is -2.53. The van der Waals surface area contributed by atoms with Crippen molar-refractivity contribution in [2.75, 3.05) is 5.32 Å². The average molecular weight is 435 g/mol. The summed E-state index contributed by atoms with van der Waals surface area (Å²) in [5.41, 5.74) is -3.48. The Balaban J connectivity index is 1.69.